The van der Waals surface area contributed by atoms with Crippen LogP contribution in [0.25, 0.3) is 0 Å². The average Bonchev–Trinajstić information content (AvgIpc) is 2.85. The molecule has 5 heteroatoms. The molecule has 0 amide bonds. The first-order valence-corrected chi connectivity index (χ1v) is 10.0. The fourth-order valence-corrected chi connectivity index (χ4v) is 5.31. The predicted octanol–water partition coefficient (Wildman–Crippen LogP) is 3.83. The minimum absolute atomic E-state index is 0.390. The Labute approximate surface area is 146 Å². The highest BCUT2D eigenvalue weighted by atomic mass is 79.9. The van der Waals surface area contributed by atoms with Gasteiger partial charge in [0.15, 0.2) is 0 Å². The van der Waals surface area contributed by atoms with Crippen molar-refractivity contribution in [3.63, 3.8) is 0 Å². The normalized spacial score (nSPS) is 29.0. The lowest BCUT2D eigenvalue weighted by molar-refractivity contribution is -0.0732. The van der Waals surface area contributed by atoms with Gasteiger partial charge in [0.1, 0.15) is 0 Å². The third-order valence-electron chi connectivity index (χ3n) is 4.73. The molecule has 0 aromatic carbocycles. The number of morpholine rings is 1. The van der Waals surface area contributed by atoms with E-state index in [0.717, 1.165) is 25.6 Å². The van der Waals surface area contributed by atoms with E-state index in [2.05, 4.69) is 51.7 Å². The van der Waals surface area contributed by atoms with E-state index in [1.807, 2.05) is 11.3 Å². The van der Waals surface area contributed by atoms with Crippen LogP contribution in [0.3, 0.4) is 0 Å². The Balaban J connectivity index is 1.41. The van der Waals surface area contributed by atoms with Gasteiger partial charge in [-0.3, -0.25) is 9.80 Å². The molecule has 1 aromatic rings. The van der Waals surface area contributed by atoms with E-state index in [-0.39, 0.29) is 0 Å². The molecule has 0 bridgehead atoms. The number of likely N-dealkylation sites (tertiary alicyclic amines) is 1. The topological polar surface area (TPSA) is 15.7 Å². The molecular weight excluding hydrogens is 360 g/mol. The molecule has 124 valence electrons. The molecule has 2 aliphatic heterocycles. The maximum absolute atomic E-state index is 5.84. The number of ether oxygens (including phenoxy) is 1. The Bertz CT molecular complexity index is 463. The van der Waals surface area contributed by atoms with Gasteiger partial charge < -0.3 is 4.74 Å². The summed E-state index contributed by atoms with van der Waals surface area (Å²) in [5.41, 5.74) is 0. The van der Waals surface area contributed by atoms with E-state index in [9.17, 15) is 0 Å². The first-order valence-electron chi connectivity index (χ1n) is 8.43. The average molecular weight is 387 g/mol. The van der Waals surface area contributed by atoms with Crippen LogP contribution in [0, 0.1) is 5.92 Å². The van der Waals surface area contributed by atoms with E-state index in [0.29, 0.717) is 12.2 Å². The van der Waals surface area contributed by atoms with Gasteiger partial charge in [-0.05, 0) is 73.8 Å². The molecule has 2 atom stereocenters. The van der Waals surface area contributed by atoms with Crippen LogP contribution in [-0.4, -0.2) is 54.7 Å². The summed E-state index contributed by atoms with van der Waals surface area (Å²) in [4.78, 5) is 6.70. The fraction of sp³-hybridized carbons (Fsp3) is 0.765. The Hall–Kier alpha value is 0.0600. The monoisotopic (exact) mass is 386 g/mol. The molecule has 0 aliphatic carbocycles. The van der Waals surface area contributed by atoms with Crippen molar-refractivity contribution in [2.24, 2.45) is 5.92 Å². The lowest BCUT2D eigenvalue weighted by Crippen LogP contribution is -2.48. The van der Waals surface area contributed by atoms with Crippen molar-refractivity contribution in [1.82, 2.24) is 9.80 Å². The van der Waals surface area contributed by atoms with Gasteiger partial charge in [0.05, 0.1) is 16.0 Å². The van der Waals surface area contributed by atoms with Crippen LogP contribution in [-0.2, 0) is 11.3 Å². The summed E-state index contributed by atoms with van der Waals surface area (Å²) >= 11 is 5.42. The predicted molar refractivity (Wildman–Crippen MR) is 96.5 cm³/mol. The van der Waals surface area contributed by atoms with E-state index in [1.165, 1.54) is 41.1 Å². The van der Waals surface area contributed by atoms with Crippen molar-refractivity contribution < 1.29 is 4.74 Å². The van der Waals surface area contributed by atoms with Gasteiger partial charge in [-0.25, -0.2) is 0 Å². The summed E-state index contributed by atoms with van der Waals surface area (Å²) in [7, 11) is 0. The SMILES string of the molecule is CC1CN(CC2CCN(Cc3ccc(Br)s3)CC2)CC(C)O1. The Morgan fingerprint density at radius 3 is 2.41 bits per heavy atom. The maximum Gasteiger partial charge on any atom is 0.0701 e. The zero-order valence-electron chi connectivity index (χ0n) is 13.6. The minimum atomic E-state index is 0.390. The first-order chi connectivity index (χ1) is 10.6. The second-order valence-electron chi connectivity index (χ2n) is 6.90. The van der Waals surface area contributed by atoms with Crippen LogP contribution in [0.2, 0.25) is 0 Å². The van der Waals surface area contributed by atoms with Gasteiger partial charge in [-0.15, -0.1) is 11.3 Å². The van der Waals surface area contributed by atoms with Crippen molar-refractivity contribution in [1.29, 1.82) is 0 Å². The Morgan fingerprint density at radius 2 is 1.82 bits per heavy atom. The molecule has 2 aliphatic rings. The minimum Gasteiger partial charge on any atom is -0.373 e. The molecule has 22 heavy (non-hydrogen) atoms. The van der Waals surface area contributed by atoms with Crippen molar-refractivity contribution in [2.45, 2.75) is 45.4 Å². The Morgan fingerprint density at radius 1 is 1.14 bits per heavy atom. The van der Waals surface area contributed by atoms with Crippen molar-refractivity contribution in [3.05, 3.63) is 20.8 Å². The van der Waals surface area contributed by atoms with Gasteiger partial charge in [0.2, 0.25) is 0 Å². The molecule has 3 nitrogen and oxygen atoms in total. The van der Waals surface area contributed by atoms with Crippen molar-refractivity contribution in [2.75, 3.05) is 32.7 Å². The van der Waals surface area contributed by atoms with Gasteiger partial charge in [-0.2, -0.15) is 0 Å². The number of thiophene rings is 1. The van der Waals surface area contributed by atoms with Gasteiger partial charge in [0, 0.05) is 31.1 Å². The van der Waals surface area contributed by atoms with E-state index >= 15 is 0 Å². The maximum atomic E-state index is 5.84. The summed E-state index contributed by atoms with van der Waals surface area (Å²) < 4.78 is 7.08. The van der Waals surface area contributed by atoms with Crippen LogP contribution in [0.1, 0.15) is 31.6 Å². The molecule has 1 aromatic heterocycles. The second kappa shape index (κ2) is 7.75. The molecule has 3 heterocycles. The number of nitrogens with zero attached hydrogens (tertiary/aromatic N) is 2. The Kier molecular flexibility index (Phi) is 5.96. The highest BCUT2D eigenvalue weighted by Crippen LogP contribution is 2.26. The van der Waals surface area contributed by atoms with Crippen LogP contribution >= 0.6 is 27.3 Å². The molecule has 2 saturated heterocycles. The highest BCUT2D eigenvalue weighted by molar-refractivity contribution is 9.11. The quantitative estimate of drug-likeness (QED) is 0.781. The molecule has 2 fully saturated rings. The van der Waals surface area contributed by atoms with Gasteiger partial charge in [-0.1, -0.05) is 0 Å². The van der Waals surface area contributed by atoms with Crippen molar-refractivity contribution in [3.8, 4) is 0 Å². The molecule has 0 N–H and O–H groups in total. The van der Waals surface area contributed by atoms with Gasteiger partial charge >= 0.3 is 0 Å². The zero-order valence-corrected chi connectivity index (χ0v) is 16.0. The lowest BCUT2D eigenvalue weighted by Gasteiger charge is -2.39. The summed E-state index contributed by atoms with van der Waals surface area (Å²) in [5.74, 6) is 0.865. The van der Waals surface area contributed by atoms with E-state index in [1.54, 1.807) is 0 Å². The highest BCUT2D eigenvalue weighted by Gasteiger charge is 2.26. The van der Waals surface area contributed by atoms with Crippen LogP contribution in [0.5, 0.6) is 0 Å². The molecule has 0 spiro atoms. The van der Waals surface area contributed by atoms with Crippen LogP contribution < -0.4 is 0 Å². The van der Waals surface area contributed by atoms with E-state index < -0.39 is 0 Å². The number of hydrogen-bond donors (Lipinski definition) is 0. The molecule has 0 saturated carbocycles. The van der Waals surface area contributed by atoms with Crippen molar-refractivity contribution >= 4 is 27.3 Å². The smallest absolute Gasteiger partial charge is 0.0701 e. The number of hydrogen-bond acceptors (Lipinski definition) is 4. The number of piperidine rings is 1. The van der Waals surface area contributed by atoms with Gasteiger partial charge in [0.25, 0.3) is 0 Å². The molecule has 0 radical (unpaired) electrons. The van der Waals surface area contributed by atoms with Crippen LogP contribution in [0.15, 0.2) is 15.9 Å². The van der Waals surface area contributed by atoms with Crippen LogP contribution in [0.4, 0.5) is 0 Å². The molecular formula is C17H27BrN2OS. The number of halogens is 1. The van der Waals surface area contributed by atoms with E-state index in [4.69, 9.17) is 4.74 Å². The summed E-state index contributed by atoms with van der Waals surface area (Å²) in [6.45, 7) is 11.5. The third-order valence-corrected chi connectivity index (χ3v) is 6.34. The zero-order chi connectivity index (χ0) is 15.5. The molecule has 2 unspecified atom stereocenters. The third kappa shape index (κ3) is 4.78. The summed E-state index contributed by atoms with van der Waals surface area (Å²) in [6, 6.07) is 4.41. The summed E-state index contributed by atoms with van der Waals surface area (Å²) in [6.07, 6.45) is 3.46. The number of rotatable bonds is 4. The largest absolute Gasteiger partial charge is 0.373 e. The first kappa shape index (κ1) is 16.9. The standard InChI is InChI=1S/C17H27BrN2OS/c1-13-9-20(10-14(2)21-13)11-15-5-7-19(8-6-15)12-16-3-4-17(18)22-16/h3-4,13-15H,5-12H2,1-2H3. The fourth-order valence-electron chi connectivity index (χ4n) is 3.78. The lowest BCUT2D eigenvalue weighted by atomic mass is 9.95. The second-order valence-corrected chi connectivity index (χ2v) is 9.45. The summed E-state index contributed by atoms with van der Waals surface area (Å²) in [5, 5.41) is 0. The molecule has 3 rings (SSSR count).